The highest BCUT2D eigenvalue weighted by molar-refractivity contribution is 5.90. The number of rotatable bonds is 5. The number of carboxylic acids is 1. The molecule has 3 nitrogen and oxygen atoms in total. The Morgan fingerprint density at radius 1 is 1.15 bits per heavy atom. The molecule has 1 N–H and O–H groups in total. The number of carboxylic acid groups (broad SMARTS) is 1. The van der Waals surface area contributed by atoms with Gasteiger partial charge in [-0.15, -0.1) is 0 Å². The molecule has 0 heterocycles. The lowest BCUT2D eigenvalue weighted by Crippen LogP contribution is -2.03. The number of halogens is 1. The minimum Gasteiger partial charge on any atom is -0.493 e. The smallest absolute Gasteiger partial charge is 0.338 e. The topological polar surface area (TPSA) is 46.5 Å². The van der Waals surface area contributed by atoms with Crippen LogP contribution in [0.3, 0.4) is 0 Å². The van der Waals surface area contributed by atoms with E-state index in [9.17, 15) is 9.18 Å². The van der Waals surface area contributed by atoms with Crippen molar-refractivity contribution in [1.29, 1.82) is 0 Å². The summed E-state index contributed by atoms with van der Waals surface area (Å²) in [7, 11) is 0. The van der Waals surface area contributed by atoms with Gasteiger partial charge in [-0.2, -0.15) is 0 Å². The van der Waals surface area contributed by atoms with Crippen LogP contribution >= 0.6 is 0 Å². The molecule has 20 heavy (non-hydrogen) atoms. The van der Waals surface area contributed by atoms with E-state index in [1.807, 2.05) is 6.92 Å². The number of hydrogen-bond acceptors (Lipinski definition) is 2. The first-order valence-electron chi connectivity index (χ1n) is 6.39. The molecule has 104 valence electrons. The van der Waals surface area contributed by atoms with Crippen molar-refractivity contribution >= 4 is 5.97 Å². The molecule has 2 aromatic rings. The van der Waals surface area contributed by atoms with Gasteiger partial charge in [0.05, 0.1) is 12.2 Å². The van der Waals surface area contributed by atoms with Gasteiger partial charge in [0.2, 0.25) is 0 Å². The monoisotopic (exact) mass is 274 g/mol. The zero-order valence-corrected chi connectivity index (χ0v) is 11.1. The van der Waals surface area contributed by atoms with E-state index in [4.69, 9.17) is 9.84 Å². The first-order valence-corrected chi connectivity index (χ1v) is 6.39. The van der Waals surface area contributed by atoms with Crippen LogP contribution in [0, 0.1) is 5.82 Å². The van der Waals surface area contributed by atoms with Crippen LogP contribution in [0.15, 0.2) is 42.5 Å². The van der Waals surface area contributed by atoms with Crippen molar-refractivity contribution in [2.24, 2.45) is 0 Å². The number of para-hydroxylation sites is 1. The zero-order valence-electron chi connectivity index (χ0n) is 11.1. The van der Waals surface area contributed by atoms with Crippen molar-refractivity contribution in [1.82, 2.24) is 0 Å². The molecule has 0 saturated heterocycles. The van der Waals surface area contributed by atoms with Gasteiger partial charge in [-0.25, -0.2) is 9.18 Å². The fraction of sp³-hybridized carbons (Fsp3) is 0.188. The van der Waals surface area contributed by atoms with Gasteiger partial charge in [0, 0.05) is 11.1 Å². The van der Waals surface area contributed by atoms with Gasteiger partial charge in [0.1, 0.15) is 11.6 Å². The van der Waals surface area contributed by atoms with Gasteiger partial charge in [-0.3, -0.25) is 0 Å². The Bertz CT molecular complexity index is 623. The number of carbonyl (C=O) groups is 1. The largest absolute Gasteiger partial charge is 0.493 e. The quantitative estimate of drug-likeness (QED) is 0.897. The molecule has 0 atom stereocenters. The molecule has 4 heteroatoms. The molecule has 0 aromatic heterocycles. The van der Waals surface area contributed by atoms with E-state index in [0.717, 1.165) is 6.42 Å². The molecule has 0 fully saturated rings. The maximum atomic E-state index is 14.3. The van der Waals surface area contributed by atoms with E-state index >= 15 is 0 Å². The van der Waals surface area contributed by atoms with Crippen LogP contribution < -0.4 is 4.74 Å². The molecule has 0 unspecified atom stereocenters. The first-order chi connectivity index (χ1) is 9.65. The predicted octanol–water partition coefficient (Wildman–Crippen LogP) is 3.98. The van der Waals surface area contributed by atoms with Gasteiger partial charge >= 0.3 is 5.97 Å². The minimum absolute atomic E-state index is 0.233. The average Bonchev–Trinajstić information content (AvgIpc) is 2.45. The summed E-state index contributed by atoms with van der Waals surface area (Å²) in [5.74, 6) is -1.47. The Labute approximate surface area is 116 Å². The summed E-state index contributed by atoms with van der Waals surface area (Å²) in [6, 6.07) is 11.4. The van der Waals surface area contributed by atoms with Crippen molar-refractivity contribution in [2.45, 2.75) is 13.3 Å². The van der Waals surface area contributed by atoms with Crippen molar-refractivity contribution < 1.29 is 19.0 Å². The molecule has 0 aliphatic heterocycles. The lowest BCUT2D eigenvalue weighted by atomic mass is 10.0. The molecular formula is C16H15FO3. The fourth-order valence-corrected chi connectivity index (χ4v) is 1.93. The minimum atomic E-state index is -1.28. The van der Waals surface area contributed by atoms with Crippen LogP contribution in [0.4, 0.5) is 4.39 Å². The summed E-state index contributed by atoms with van der Waals surface area (Å²) in [6.07, 6.45) is 0.839. The highest BCUT2D eigenvalue weighted by Gasteiger charge is 2.17. The Balaban J connectivity index is 2.51. The van der Waals surface area contributed by atoms with Gasteiger partial charge in [-0.1, -0.05) is 37.3 Å². The van der Waals surface area contributed by atoms with Crippen LogP contribution in [0.1, 0.15) is 23.7 Å². The lowest BCUT2D eigenvalue weighted by Gasteiger charge is -2.12. The summed E-state index contributed by atoms with van der Waals surface area (Å²) in [6.45, 7) is 2.51. The molecule has 0 radical (unpaired) electrons. The van der Waals surface area contributed by atoms with E-state index in [2.05, 4.69) is 0 Å². The predicted molar refractivity (Wildman–Crippen MR) is 74.6 cm³/mol. The SMILES string of the molecule is CCCOc1ccccc1-c1cccc(C(=O)O)c1F. The second-order valence-electron chi connectivity index (χ2n) is 4.32. The van der Waals surface area contributed by atoms with Gasteiger partial charge in [0.25, 0.3) is 0 Å². The summed E-state index contributed by atoms with van der Waals surface area (Å²) in [4.78, 5) is 11.0. The molecule has 0 aliphatic carbocycles. The normalized spacial score (nSPS) is 10.3. The molecule has 2 rings (SSSR count). The van der Waals surface area contributed by atoms with Gasteiger partial charge in [-0.05, 0) is 18.6 Å². The number of aromatic carboxylic acids is 1. The van der Waals surface area contributed by atoms with Crippen LogP contribution in [0.5, 0.6) is 5.75 Å². The third-order valence-corrected chi connectivity index (χ3v) is 2.87. The highest BCUT2D eigenvalue weighted by Crippen LogP contribution is 2.32. The first kappa shape index (κ1) is 14.1. The lowest BCUT2D eigenvalue weighted by molar-refractivity contribution is 0.0692. The maximum absolute atomic E-state index is 14.3. The van der Waals surface area contributed by atoms with Gasteiger partial charge in [0.15, 0.2) is 0 Å². The Kier molecular flexibility index (Phi) is 4.35. The molecule has 0 bridgehead atoms. The van der Waals surface area contributed by atoms with E-state index in [-0.39, 0.29) is 11.1 Å². The van der Waals surface area contributed by atoms with E-state index in [1.165, 1.54) is 12.1 Å². The summed E-state index contributed by atoms with van der Waals surface area (Å²) in [5.41, 5.74) is 0.450. The Morgan fingerprint density at radius 3 is 2.55 bits per heavy atom. The zero-order chi connectivity index (χ0) is 14.5. The van der Waals surface area contributed by atoms with Crippen molar-refractivity contribution in [3.05, 3.63) is 53.8 Å². The molecule has 2 aromatic carbocycles. The fourth-order valence-electron chi connectivity index (χ4n) is 1.93. The third kappa shape index (κ3) is 2.79. The second-order valence-corrected chi connectivity index (χ2v) is 4.32. The number of ether oxygens (including phenoxy) is 1. The van der Waals surface area contributed by atoms with E-state index in [1.54, 1.807) is 30.3 Å². The molecular weight excluding hydrogens is 259 g/mol. The molecule has 0 saturated carbocycles. The molecule has 0 aliphatic rings. The number of hydrogen-bond donors (Lipinski definition) is 1. The van der Waals surface area contributed by atoms with Crippen LogP contribution in [-0.2, 0) is 0 Å². The van der Waals surface area contributed by atoms with Crippen molar-refractivity contribution in [2.75, 3.05) is 6.61 Å². The Morgan fingerprint density at radius 2 is 1.85 bits per heavy atom. The van der Waals surface area contributed by atoms with E-state index < -0.39 is 11.8 Å². The van der Waals surface area contributed by atoms with E-state index in [0.29, 0.717) is 17.9 Å². The van der Waals surface area contributed by atoms with Crippen molar-refractivity contribution in [3.63, 3.8) is 0 Å². The van der Waals surface area contributed by atoms with Crippen LogP contribution in [-0.4, -0.2) is 17.7 Å². The molecule has 0 spiro atoms. The summed E-state index contributed by atoms with van der Waals surface area (Å²) in [5, 5.41) is 8.98. The van der Waals surface area contributed by atoms with Gasteiger partial charge < -0.3 is 9.84 Å². The standard InChI is InChI=1S/C16H15FO3/c1-2-10-20-14-9-4-3-6-11(14)12-7-5-8-13(15(12)17)16(18)19/h3-9H,2,10H2,1H3,(H,18,19). The molecule has 0 amide bonds. The number of benzene rings is 2. The average molecular weight is 274 g/mol. The second kappa shape index (κ2) is 6.19. The summed E-state index contributed by atoms with van der Waals surface area (Å²) >= 11 is 0. The third-order valence-electron chi connectivity index (χ3n) is 2.87. The Hall–Kier alpha value is -2.36. The van der Waals surface area contributed by atoms with Crippen molar-refractivity contribution in [3.8, 4) is 16.9 Å². The highest BCUT2D eigenvalue weighted by atomic mass is 19.1. The van der Waals surface area contributed by atoms with Crippen LogP contribution in [0.2, 0.25) is 0 Å². The van der Waals surface area contributed by atoms with Crippen LogP contribution in [0.25, 0.3) is 11.1 Å². The summed E-state index contributed by atoms with van der Waals surface area (Å²) < 4.78 is 19.9. The maximum Gasteiger partial charge on any atom is 0.338 e.